The maximum atomic E-state index is 13.5. The van der Waals surface area contributed by atoms with Gasteiger partial charge in [0.15, 0.2) is 5.78 Å². The summed E-state index contributed by atoms with van der Waals surface area (Å²) in [7, 11) is 0. The second-order valence-electron chi connectivity index (χ2n) is 14.8. The first-order valence-electron chi connectivity index (χ1n) is 18.8. The molecule has 14 heteroatoms. The van der Waals surface area contributed by atoms with Gasteiger partial charge in [0.25, 0.3) is 23.6 Å². The van der Waals surface area contributed by atoms with Gasteiger partial charge in [-0.3, -0.25) is 43.8 Å². The Morgan fingerprint density at radius 2 is 1.59 bits per heavy atom. The topological polar surface area (TPSA) is 170 Å². The molecule has 3 aromatic rings. The van der Waals surface area contributed by atoms with Crippen LogP contribution in [0.1, 0.15) is 101 Å². The van der Waals surface area contributed by atoms with E-state index in [4.69, 9.17) is 0 Å². The number of ketones is 1. The quantitative estimate of drug-likeness (QED) is 0.124. The number of amides is 6. The van der Waals surface area contributed by atoms with Crippen LogP contribution in [0.15, 0.2) is 60.2 Å². The molecule has 0 radical (unpaired) electrons. The highest BCUT2D eigenvalue weighted by atomic mass is 19.1. The monoisotopic (exact) mass is 766 g/mol. The highest BCUT2D eigenvalue weighted by molar-refractivity contribution is 6.23. The van der Waals surface area contributed by atoms with Gasteiger partial charge in [0.1, 0.15) is 17.7 Å². The molecular weight excluding hydrogens is 726 g/mol. The van der Waals surface area contributed by atoms with Crippen LogP contribution in [0.5, 0.6) is 0 Å². The Morgan fingerprint density at radius 3 is 2.36 bits per heavy atom. The van der Waals surface area contributed by atoms with E-state index in [0.717, 1.165) is 65.8 Å². The molecule has 56 heavy (non-hydrogen) atoms. The highest BCUT2D eigenvalue weighted by Gasteiger charge is 2.52. The van der Waals surface area contributed by atoms with E-state index in [1.807, 2.05) is 18.2 Å². The zero-order valence-corrected chi connectivity index (χ0v) is 30.5. The van der Waals surface area contributed by atoms with E-state index >= 15 is 0 Å². The van der Waals surface area contributed by atoms with E-state index in [-0.39, 0.29) is 54.8 Å². The molecular formula is C42H40F2N4O8. The SMILES string of the molecule is O=C1CCC(N2C(=O)c3ccc(CCCCCCCC(=O)C4=Cc5cc(N6CCC(O)(C(=O)NCc7cc(F)cc(F)c7)C6=O)ccc5C4)cc3C2=O)C(=O)N1. The number of carbonyl (C=O) groups is 7. The number of anilines is 1. The van der Waals surface area contributed by atoms with Gasteiger partial charge >= 0.3 is 0 Å². The Kier molecular flexibility index (Phi) is 10.8. The average Bonchev–Trinajstić information content (AvgIpc) is 3.81. The van der Waals surface area contributed by atoms with Gasteiger partial charge in [-0.05, 0) is 90.4 Å². The lowest BCUT2D eigenvalue weighted by atomic mass is 9.99. The number of imide groups is 2. The molecule has 6 amide bonds. The number of rotatable bonds is 14. The summed E-state index contributed by atoms with van der Waals surface area (Å²) in [6, 6.07) is 12.3. The summed E-state index contributed by atoms with van der Waals surface area (Å²) < 4.78 is 27.1. The molecule has 2 atom stereocenters. The van der Waals surface area contributed by atoms with Gasteiger partial charge < -0.3 is 15.3 Å². The third-order valence-electron chi connectivity index (χ3n) is 10.9. The van der Waals surface area contributed by atoms with Crippen LogP contribution in [0, 0.1) is 11.6 Å². The number of piperidine rings is 1. The summed E-state index contributed by atoms with van der Waals surface area (Å²) >= 11 is 0. The molecule has 0 saturated carbocycles. The number of aliphatic hydroxyl groups is 1. The zero-order valence-electron chi connectivity index (χ0n) is 30.5. The minimum absolute atomic E-state index is 0.0490. The van der Waals surface area contributed by atoms with Crippen molar-refractivity contribution in [2.75, 3.05) is 11.4 Å². The molecule has 7 rings (SSSR count). The number of halogens is 2. The standard InChI is InChI=1S/C42H40F2N4O8/c43-29-16-25(17-30(44)22-29)23-45-40(54)42(56)14-15-47(41(42)55)31-10-9-26-19-28(20-27(26)21-31)35(49)7-5-3-1-2-4-6-24-8-11-32-33(18-24)39(53)48(38(32)52)34-12-13-36(50)46-37(34)51/h8-11,16-18,20-22,34,56H,1-7,12-15,19,23H2,(H,45,54)(H,46,50,51). The van der Waals surface area contributed by atoms with Gasteiger partial charge in [-0.2, -0.15) is 0 Å². The normalized spacial score (nSPS) is 20.3. The molecule has 2 fully saturated rings. The zero-order chi connectivity index (χ0) is 39.7. The molecule has 0 bridgehead atoms. The van der Waals surface area contributed by atoms with Crippen LogP contribution < -0.4 is 15.5 Å². The van der Waals surface area contributed by atoms with Gasteiger partial charge in [-0.25, -0.2) is 8.78 Å². The molecule has 3 aliphatic heterocycles. The van der Waals surface area contributed by atoms with Crippen LogP contribution >= 0.6 is 0 Å². The van der Waals surface area contributed by atoms with Crippen LogP contribution in [-0.4, -0.2) is 69.4 Å². The molecule has 3 N–H and O–H groups in total. The molecule has 4 aliphatic rings. The van der Waals surface area contributed by atoms with Crippen molar-refractivity contribution in [3.63, 3.8) is 0 Å². The first-order chi connectivity index (χ1) is 26.8. The van der Waals surface area contributed by atoms with Crippen LogP contribution in [0.4, 0.5) is 14.5 Å². The Balaban J connectivity index is 0.842. The van der Waals surface area contributed by atoms with Crippen LogP contribution in [0.25, 0.3) is 6.08 Å². The number of hydrogen-bond acceptors (Lipinski definition) is 8. The van der Waals surface area contributed by atoms with Crippen molar-refractivity contribution in [3.05, 3.63) is 105 Å². The molecule has 290 valence electrons. The molecule has 0 aromatic heterocycles. The fraction of sp³-hybridized carbons (Fsp3) is 0.357. The van der Waals surface area contributed by atoms with Crippen molar-refractivity contribution >= 4 is 53.0 Å². The van der Waals surface area contributed by atoms with Crippen molar-refractivity contribution in [2.45, 2.75) is 88.8 Å². The van der Waals surface area contributed by atoms with Crippen molar-refractivity contribution in [2.24, 2.45) is 0 Å². The Hall–Kier alpha value is -5.89. The van der Waals surface area contributed by atoms with Crippen LogP contribution in [0.2, 0.25) is 0 Å². The molecule has 12 nitrogen and oxygen atoms in total. The largest absolute Gasteiger partial charge is 0.372 e. The smallest absolute Gasteiger partial charge is 0.268 e. The Labute approximate surface area is 320 Å². The van der Waals surface area contributed by atoms with Gasteiger partial charge in [0.2, 0.25) is 17.4 Å². The predicted molar refractivity (Wildman–Crippen MR) is 198 cm³/mol. The summed E-state index contributed by atoms with van der Waals surface area (Å²) in [6.45, 7) is -0.198. The van der Waals surface area contributed by atoms with Crippen LogP contribution in [-0.2, 0) is 43.4 Å². The molecule has 1 aliphatic carbocycles. The third kappa shape index (κ3) is 7.65. The molecule has 2 unspecified atom stereocenters. The second-order valence-corrected chi connectivity index (χ2v) is 14.8. The van der Waals surface area contributed by atoms with Gasteiger partial charge in [0, 0.05) is 56.1 Å². The van der Waals surface area contributed by atoms with Gasteiger partial charge in [-0.1, -0.05) is 31.4 Å². The molecule has 3 aromatic carbocycles. The summed E-state index contributed by atoms with van der Waals surface area (Å²) in [4.78, 5) is 91.4. The summed E-state index contributed by atoms with van der Waals surface area (Å²) in [6.07, 6.45) is 7.65. The number of allylic oxidation sites excluding steroid dienone is 1. The fourth-order valence-corrected chi connectivity index (χ4v) is 7.85. The van der Waals surface area contributed by atoms with Crippen molar-refractivity contribution < 1.29 is 47.4 Å². The summed E-state index contributed by atoms with van der Waals surface area (Å²) in [5.41, 5.74) is 2.11. The number of carbonyl (C=O) groups excluding carboxylic acids is 7. The summed E-state index contributed by atoms with van der Waals surface area (Å²) in [5, 5.41) is 15.6. The van der Waals surface area contributed by atoms with E-state index in [9.17, 15) is 47.4 Å². The second kappa shape index (κ2) is 15.7. The lowest BCUT2D eigenvalue weighted by molar-refractivity contribution is -0.149. The summed E-state index contributed by atoms with van der Waals surface area (Å²) in [5.74, 6) is -5.45. The minimum atomic E-state index is -2.34. The predicted octanol–water partition coefficient (Wildman–Crippen LogP) is 4.24. The molecule has 2 saturated heterocycles. The van der Waals surface area contributed by atoms with E-state index in [2.05, 4.69) is 10.6 Å². The third-order valence-corrected chi connectivity index (χ3v) is 10.9. The Bertz CT molecular complexity index is 2200. The first-order valence-corrected chi connectivity index (χ1v) is 18.8. The van der Waals surface area contributed by atoms with Gasteiger partial charge in [0.05, 0.1) is 11.1 Å². The highest BCUT2D eigenvalue weighted by Crippen LogP contribution is 2.34. The van der Waals surface area contributed by atoms with Crippen molar-refractivity contribution in [3.8, 4) is 0 Å². The number of benzene rings is 3. The number of fused-ring (bicyclic) bond motifs is 2. The first kappa shape index (κ1) is 38.4. The number of nitrogens with one attached hydrogen (secondary N) is 2. The fourth-order valence-electron chi connectivity index (χ4n) is 7.85. The van der Waals surface area contributed by atoms with Gasteiger partial charge in [-0.15, -0.1) is 0 Å². The van der Waals surface area contributed by atoms with Crippen LogP contribution in [0.3, 0.4) is 0 Å². The van der Waals surface area contributed by atoms with E-state index in [0.29, 0.717) is 36.6 Å². The maximum absolute atomic E-state index is 13.5. The number of Topliss-reactive ketones (excluding diaryl/α,β-unsaturated/α-hetero) is 1. The minimum Gasteiger partial charge on any atom is -0.372 e. The lowest BCUT2D eigenvalue weighted by Gasteiger charge is -2.27. The maximum Gasteiger partial charge on any atom is 0.268 e. The van der Waals surface area contributed by atoms with E-state index in [1.54, 1.807) is 24.3 Å². The van der Waals surface area contributed by atoms with E-state index in [1.165, 1.54) is 4.90 Å². The van der Waals surface area contributed by atoms with Crippen molar-refractivity contribution in [1.29, 1.82) is 0 Å². The van der Waals surface area contributed by atoms with Crippen molar-refractivity contribution in [1.82, 2.24) is 15.5 Å². The number of aryl methyl sites for hydroxylation is 1. The number of unbranched alkanes of at least 4 members (excludes halogenated alkanes) is 4. The Morgan fingerprint density at radius 1 is 0.857 bits per heavy atom. The number of hydrogen-bond donors (Lipinski definition) is 3. The lowest BCUT2D eigenvalue weighted by Crippen LogP contribution is -2.54. The molecule has 0 spiro atoms. The van der Waals surface area contributed by atoms with E-state index < -0.39 is 58.7 Å². The average molecular weight is 767 g/mol. The number of nitrogens with zero attached hydrogens (tertiary/aromatic N) is 2. The molecule has 3 heterocycles.